The van der Waals surface area contributed by atoms with Crippen molar-refractivity contribution in [2.24, 2.45) is 5.73 Å². The van der Waals surface area contributed by atoms with Crippen LogP contribution in [0.1, 0.15) is 12.0 Å². The maximum atomic E-state index is 12.2. The van der Waals surface area contributed by atoms with E-state index in [1.54, 1.807) is 11.8 Å². The molecule has 1 aromatic rings. The number of aryl methyl sites for hydroxylation is 1. The number of benzene rings is 1. The summed E-state index contributed by atoms with van der Waals surface area (Å²) >= 11 is 3.82. The van der Waals surface area contributed by atoms with Gasteiger partial charge in [0.25, 0.3) is 0 Å². The number of hydrogen-bond acceptors (Lipinski definition) is 3. The number of nitrogens with two attached hydrogens (primary N) is 1. The number of primary amides is 1. The highest BCUT2D eigenvalue weighted by Crippen LogP contribution is 2.17. The molecular weight excluding hydrogens is 389 g/mol. The van der Waals surface area contributed by atoms with Crippen molar-refractivity contribution in [3.05, 3.63) is 27.3 Å². The Morgan fingerprint density at radius 3 is 2.70 bits per heavy atom. The molecule has 0 saturated carbocycles. The highest BCUT2D eigenvalue weighted by atomic mass is 127. The number of rotatable bonds is 6. The van der Waals surface area contributed by atoms with Gasteiger partial charge in [-0.25, -0.2) is 4.79 Å². The van der Waals surface area contributed by atoms with E-state index in [0.717, 1.165) is 14.9 Å². The molecule has 0 aliphatic heterocycles. The van der Waals surface area contributed by atoms with Crippen molar-refractivity contribution < 1.29 is 9.59 Å². The van der Waals surface area contributed by atoms with Crippen LogP contribution in [0, 0.1) is 10.5 Å². The molecule has 0 aromatic heterocycles. The largest absolute Gasteiger partial charge is 0.352 e. The molecule has 1 aromatic carbocycles. The number of amides is 3. The van der Waals surface area contributed by atoms with E-state index >= 15 is 0 Å². The zero-order chi connectivity index (χ0) is 15.1. The summed E-state index contributed by atoms with van der Waals surface area (Å²) in [5.74, 6) is 0.515. The van der Waals surface area contributed by atoms with Gasteiger partial charge in [0.2, 0.25) is 5.91 Å². The first-order valence-corrected chi connectivity index (χ1v) is 8.53. The summed E-state index contributed by atoms with van der Waals surface area (Å²) in [4.78, 5) is 23.1. The molecule has 20 heavy (non-hydrogen) atoms. The number of hydrogen-bond donors (Lipinski definition) is 3. The van der Waals surface area contributed by atoms with E-state index in [0.29, 0.717) is 12.1 Å². The zero-order valence-corrected chi connectivity index (χ0v) is 14.4. The normalized spacial score (nSPS) is 11.8. The summed E-state index contributed by atoms with van der Waals surface area (Å²) in [6.07, 6.45) is 2.49. The predicted octanol–water partition coefficient (Wildman–Crippen LogP) is 2.33. The highest BCUT2D eigenvalue weighted by molar-refractivity contribution is 14.1. The Morgan fingerprint density at radius 1 is 1.45 bits per heavy atom. The summed E-state index contributed by atoms with van der Waals surface area (Å²) in [6, 6.07) is 4.37. The molecule has 7 heteroatoms. The zero-order valence-electron chi connectivity index (χ0n) is 11.4. The minimum atomic E-state index is -0.690. The molecule has 0 spiro atoms. The third-order valence-electron chi connectivity index (χ3n) is 2.68. The van der Waals surface area contributed by atoms with Gasteiger partial charge in [0, 0.05) is 9.26 Å². The lowest BCUT2D eigenvalue weighted by Gasteiger charge is -2.17. The van der Waals surface area contributed by atoms with Crippen molar-refractivity contribution in [1.29, 1.82) is 0 Å². The fourth-order valence-corrected chi connectivity index (χ4v) is 2.56. The Balaban J connectivity index is 2.73. The molecule has 3 amide bonds. The molecule has 4 N–H and O–H groups in total. The number of halogens is 1. The van der Waals surface area contributed by atoms with E-state index in [-0.39, 0.29) is 5.91 Å². The lowest BCUT2D eigenvalue weighted by atomic mass is 10.2. The number of anilines is 1. The molecular formula is C13H18IN3O2S. The van der Waals surface area contributed by atoms with Gasteiger partial charge in [0.15, 0.2) is 0 Å². The monoisotopic (exact) mass is 407 g/mol. The summed E-state index contributed by atoms with van der Waals surface area (Å²) in [5.41, 5.74) is 6.97. The van der Waals surface area contributed by atoms with Gasteiger partial charge in [-0.05, 0) is 65.6 Å². The lowest BCUT2D eigenvalue weighted by molar-refractivity contribution is -0.117. The number of carbonyl (C=O) groups is 2. The van der Waals surface area contributed by atoms with Crippen molar-refractivity contribution >= 4 is 52.0 Å². The van der Waals surface area contributed by atoms with Crippen LogP contribution in [-0.4, -0.2) is 30.0 Å². The standard InChI is InChI=1S/C13H18IN3O2S/c1-8-3-4-9(7-10(8)14)16-12(18)11(5-6-20-2)17-13(15)19/h3-4,7,11H,5-6H2,1-2H3,(H,16,18)(H3,15,17,19)/t11-/m1/s1. The fourth-order valence-electron chi connectivity index (χ4n) is 1.58. The smallest absolute Gasteiger partial charge is 0.312 e. The van der Waals surface area contributed by atoms with Gasteiger partial charge in [-0.1, -0.05) is 6.07 Å². The maximum Gasteiger partial charge on any atom is 0.312 e. The molecule has 0 radical (unpaired) electrons. The molecule has 1 atom stereocenters. The van der Waals surface area contributed by atoms with E-state index in [2.05, 4.69) is 33.2 Å². The quantitative estimate of drug-likeness (QED) is 0.633. The molecule has 1 rings (SSSR count). The maximum absolute atomic E-state index is 12.2. The van der Waals surface area contributed by atoms with Crippen LogP contribution in [-0.2, 0) is 4.79 Å². The van der Waals surface area contributed by atoms with Crippen LogP contribution in [0.3, 0.4) is 0 Å². The van der Waals surface area contributed by atoms with Crippen LogP contribution < -0.4 is 16.4 Å². The number of nitrogens with one attached hydrogen (secondary N) is 2. The van der Waals surface area contributed by atoms with Crippen molar-refractivity contribution in [3.8, 4) is 0 Å². The third-order valence-corrected chi connectivity index (χ3v) is 4.49. The Morgan fingerprint density at radius 2 is 2.15 bits per heavy atom. The molecule has 0 saturated heterocycles. The van der Waals surface area contributed by atoms with Gasteiger partial charge >= 0.3 is 6.03 Å². The van der Waals surface area contributed by atoms with Gasteiger partial charge in [0.1, 0.15) is 6.04 Å². The average Bonchev–Trinajstić information content (AvgIpc) is 2.38. The number of thioether (sulfide) groups is 1. The van der Waals surface area contributed by atoms with Crippen molar-refractivity contribution in [1.82, 2.24) is 5.32 Å². The Kier molecular flexibility index (Phi) is 7.14. The summed E-state index contributed by atoms with van der Waals surface area (Å²) in [7, 11) is 0. The van der Waals surface area contributed by atoms with E-state index < -0.39 is 12.1 Å². The van der Waals surface area contributed by atoms with Crippen molar-refractivity contribution in [2.75, 3.05) is 17.3 Å². The van der Waals surface area contributed by atoms with E-state index in [4.69, 9.17) is 5.73 Å². The molecule has 0 heterocycles. The van der Waals surface area contributed by atoms with E-state index in [1.807, 2.05) is 31.4 Å². The Bertz CT molecular complexity index is 497. The van der Waals surface area contributed by atoms with Crippen LogP contribution in [0.4, 0.5) is 10.5 Å². The molecule has 0 fully saturated rings. The Hall–Kier alpha value is -0.960. The molecule has 5 nitrogen and oxygen atoms in total. The van der Waals surface area contributed by atoms with Crippen molar-refractivity contribution in [2.45, 2.75) is 19.4 Å². The first kappa shape index (κ1) is 17.1. The van der Waals surface area contributed by atoms with Gasteiger partial charge in [-0.15, -0.1) is 0 Å². The van der Waals surface area contributed by atoms with Crippen LogP contribution >= 0.6 is 34.4 Å². The first-order valence-electron chi connectivity index (χ1n) is 6.06. The van der Waals surface area contributed by atoms with Crippen LogP contribution in [0.25, 0.3) is 0 Å². The Labute approximate surface area is 136 Å². The second kappa shape index (κ2) is 8.35. The van der Waals surface area contributed by atoms with Crippen molar-refractivity contribution in [3.63, 3.8) is 0 Å². The van der Waals surface area contributed by atoms with E-state index in [9.17, 15) is 9.59 Å². The van der Waals surface area contributed by atoms with Crippen LogP contribution in [0.15, 0.2) is 18.2 Å². The van der Waals surface area contributed by atoms with Crippen LogP contribution in [0.5, 0.6) is 0 Å². The van der Waals surface area contributed by atoms with Gasteiger partial charge in [0.05, 0.1) is 0 Å². The second-order valence-corrected chi connectivity index (χ2v) is 6.44. The predicted molar refractivity (Wildman–Crippen MR) is 92.0 cm³/mol. The van der Waals surface area contributed by atoms with Crippen LogP contribution in [0.2, 0.25) is 0 Å². The van der Waals surface area contributed by atoms with Gasteiger partial charge in [-0.2, -0.15) is 11.8 Å². The molecule has 0 aliphatic rings. The van der Waals surface area contributed by atoms with Gasteiger partial charge in [-0.3, -0.25) is 4.79 Å². The number of urea groups is 1. The highest BCUT2D eigenvalue weighted by Gasteiger charge is 2.19. The first-order chi connectivity index (χ1) is 9.43. The third kappa shape index (κ3) is 5.58. The number of carbonyl (C=O) groups excluding carboxylic acids is 2. The average molecular weight is 407 g/mol. The minimum absolute atomic E-state index is 0.252. The topological polar surface area (TPSA) is 84.2 Å². The fraction of sp³-hybridized carbons (Fsp3) is 0.385. The SMILES string of the molecule is CSCC[C@@H](NC(N)=O)C(=O)Nc1ccc(C)c(I)c1. The summed E-state index contributed by atoms with van der Waals surface area (Å²) in [6.45, 7) is 2.00. The molecule has 0 unspecified atom stereocenters. The molecule has 0 aliphatic carbocycles. The lowest BCUT2D eigenvalue weighted by Crippen LogP contribution is -2.46. The second-order valence-electron chi connectivity index (χ2n) is 4.30. The molecule has 0 bridgehead atoms. The molecule has 110 valence electrons. The minimum Gasteiger partial charge on any atom is -0.352 e. The summed E-state index contributed by atoms with van der Waals surface area (Å²) < 4.78 is 1.07. The summed E-state index contributed by atoms with van der Waals surface area (Å²) in [5, 5.41) is 5.27. The van der Waals surface area contributed by atoms with E-state index in [1.165, 1.54) is 0 Å². The van der Waals surface area contributed by atoms with Gasteiger partial charge < -0.3 is 16.4 Å².